The van der Waals surface area contributed by atoms with Crippen LogP contribution in [-0.4, -0.2) is 70.6 Å². The summed E-state index contributed by atoms with van der Waals surface area (Å²) in [5.41, 5.74) is 6.43. The first-order valence-corrected chi connectivity index (χ1v) is 11.9. The van der Waals surface area contributed by atoms with E-state index >= 15 is 0 Å². The van der Waals surface area contributed by atoms with Gasteiger partial charge in [-0.1, -0.05) is 24.3 Å². The van der Waals surface area contributed by atoms with Crippen LogP contribution in [0.2, 0.25) is 0 Å². The Morgan fingerprint density at radius 2 is 2.08 bits per heavy atom. The number of nitrogens with zero attached hydrogens (tertiary/aromatic N) is 3. The molecule has 4 heterocycles. The van der Waals surface area contributed by atoms with Gasteiger partial charge in [-0.15, -0.1) is 0 Å². The molecular formula is C26H27N7O3. The zero-order valence-electron chi connectivity index (χ0n) is 19.9. The Morgan fingerprint density at radius 1 is 1.22 bits per heavy atom. The smallest absolute Gasteiger partial charge is 0.256 e. The van der Waals surface area contributed by atoms with Crippen LogP contribution in [0.5, 0.6) is 0 Å². The number of ether oxygens (including phenoxy) is 2. The number of fused-ring (bicyclic) bond motifs is 2. The number of carbonyl (C=O) groups excluding carboxylic acids is 1. The first-order valence-electron chi connectivity index (χ1n) is 11.9. The zero-order valence-corrected chi connectivity index (χ0v) is 19.9. The van der Waals surface area contributed by atoms with Crippen LogP contribution >= 0.6 is 0 Å². The van der Waals surface area contributed by atoms with Crippen molar-refractivity contribution in [2.75, 3.05) is 44.0 Å². The van der Waals surface area contributed by atoms with Crippen molar-refractivity contribution in [2.24, 2.45) is 0 Å². The molecular weight excluding hydrogens is 458 g/mol. The molecule has 2 aliphatic heterocycles. The first-order chi connectivity index (χ1) is 17.7. The van der Waals surface area contributed by atoms with Gasteiger partial charge in [0.2, 0.25) is 0 Å². The van der Waals surface area contributed by atoms with Gasteiger partial charge >= 0.3 is 0 Å². The monoisotopic (exact) mass is 485 g/mol. The maximum Gasteiger partial charge on any atom is 0.256 e. The van der Waals surface area contributed by atoms with Crippen molar-refractivity contribution in [2.45, 2.75) is 12.8 Å². The van der Waals surface area contributed by atoms with Gasteiger partial charge in [-0.3, -0.25) is 14.8 Å². The summed E-state index contributed by atoms with van der Waals surface area (Å²) in [5, 5.41) is 13.3. The fourth-order valence-electron chi connectivity index (χ4n) is 4.63. The molecule has 10 heteroatoms. The van der Waals surface area contributed by atoms with Crippen molar-refractivity contribution >= 4 is 34.4 Å². The van der Waals surface area contributed by atoms with Crippen LogP contribution in [0, 0.1) is 0 Å². The Hall–Kier alpha value is -3.99. The molecule has 0 saturated carbocycles. The number of aromatic amines is 2. The Morgan fingerprint density at radius 3 is 2.94 bits per heavy atom. The van der Waals surface area contributed by atoms with E-state index < -0.39 is 6.23 Å². The average Bonchev–Trinajstić information content (AvgIpc) is 3.54. The quantitative estimate of drug-likeness (QED) is 0.331. The molecule has 2 aromatic heterocycles. The molecule has 36 heavy (non-hydrogen) atoms. The number of carbonyl (C=O) groups is 1. The van der Waals surface area contributed by atoms with E-state index in [1.807, 2.05) is 36.4 Å². The van der Waals surface area contributed by atoms with Crippen LogP contribution in [0.3, 0.4) is 0 Å². The van der Waals surface area contributed by atoms with Crippen LogP contribution in [0.15, 0.2) is 54.2 Å². The van der Waals surface area contributed by atoms with Crippen molar-refractivity contribution in [3.8, 4) is 11.5 Å². The summed E-state index contributed by atoms with van der Waals surface area (Å²) >= 11 is 0. The Kier molecular flexibility index (Phi) is 5.98. The maximum atomic E-state index is 13.2. The standard InChI is InChI=1S/C26H27N7O3/c1-35-26-18(13-17-4-2-3-5-19(17)31-26)25(34)30-22-14-27-32-23(22)24-28-20-7-6-16(12-21(20)29-24)15-33-8-10-36-11-9-33/h2-7,12-14,26,31H,8-11,15H2,1H3,(H,27,32)(H,28,29)(H,30,34). The van der Waals surface area contributed by atoms with E-state index in [9.17, 15) is 4.79 Å². The van der Waals surface area contributed by atoms with E-state index in [2.05, 4.69) is 42.8 Å². The van der Waals surface area contributed by atoms with Gasteiger partial charge in [-0.05, 0) is 35.4 Å². The highest BCUT2D eigenvalue weighted by Crippen LogP contribution is 2.30. The van der Waals surface area contributed by atoms with Crippen LogP contribution in [0.1, 0.15) is 11.1 Å². The first kappa shape index (κ1) is 22.5. The lowest BCUT2D eigenvalue weighted by Crippen LogP contribution is -2.35. The highest BCUT2D eigenvalue weighted by Gasteiger charge is 2.27. The molecule has 1 unspecified atom stereocenters. The number of imidazole rings is 1. The number of benzene rings is 2. The topological polar surface area (TPSA) is 120 Å². The van der Waals surface area contributed by atoms with E-state index in [1.54, 1.807) is 13.3 Å². The van der Waals surface area contributed by atoms with Crippen LogP contribution in [0.4, 0.5) is 11.4 Å². The van der Waals surface area contributed by atoms with Gasteiger partial charge in [0.1, 0.15) is 5.69 Å². The third kappa shape index (κ3) is 4.37. The van der Waals surface area contributed by atoms with Gasteiger partial charge in [0.25, 0.3) is 5.91 Å². The fraction of sp³-hybridized carbons (Fsp3) is 0.269. The second kappa shape index (κ2) is 9.57. The second-order valence-corrected chi connectivity index (χ2v) is 8.89. The van der Waals surface area contributed by atoms with Gasteiger partial charge in [-0.2, -0.15) is 5.10 Å². The Balaban J connectivity index is 1.23. The second-order valence-electron chi connectivity index (χ2n) is 8.89. The summed E-state index contributed by atoms with van der Waals surface area (Å²) in [5.74, 6) is 0.320. The van der Waals surface area contributed by atoms with E-state index in [-0.39, 0.29) is 5.91 Å². The molecule has 1 fully saturated rings. The summed E-state index contributed by atoms with van der Waals surface area (Å²) in [6.07, 6.45) is 2.86. The summed E-state index contributed by atoms with van der Waals surface area (Å²) in [6.45, 7) is 4.28. The summed E-state index contributed by atoms with van der Waals surface area (Å²) < 4.78 is 11.0. The van der Waals surface area contributed by atoms with Crippen molar-refractivity contribution < 1.29 is 14.3 Å². The average molecular weight is 486 g/mol. The Bertz CT molecular complexity index is 1430. The molecule has 2 aliphatic rings. The lowest BCUT2D eigenvalue weighted by atomic mass is 10.0. The number of anilines is 2. The summed E-state index contributed by atoms with van der Waals surface area (Å²) in [4.78, 5) is 23.7. The molecule has 0 spiro atoms. The minimum Gasteiger partial charge on any atom is -0.379 e. The maximum absolute atomic E-state index is 13.2. The molecule has 1 saturated heterocycles. The van der Waals surface area contributed by atoms with Crippen LogP contribution in [-0.2, 0) is 20.8 Å². The molecule has 0 bridgehead atoms. The molecule has 0 aliphatic carbocycles. The number of methoxy groups -OCH3 is 1. The number of rotatable bonds is 6. The van der Waals surface area contributed by atoms with Gasteiger partial charge in [0.15, 0.2) is 12.1 Å². The molecule has 4 N–H and O–H groups in total. The number of aromatic nitrogens is 4. The van der Waals surface area contributed by atoms with Crippen LogP contribution < -0.4 is 10.6 Å². The van der Waals surface area contributed by atoms with Crippen molar-refractivity contribution in [3.05, 3.63) is 65.4 Å². The third-order valence-corrected chi connectivity index (χ3v) is 6.52. The molecule has 2 aromatic carbocycles. The number of amides is 1. The van der Waals surface area contributed by atoms with Gasteiger partial charge in [0.05, 0.1) is 41.7 Å². The fourth-order valence-corrected chi connectivity index (χ4v) is 4.63. The minimum absolute atomic E-state index is 0.282. The van der Waals surface area contributed by atoms with Gasteiger partial charge < -0.3 is 25.1 Å². The normalized spacial score (nSPS) is 17.9. The summed E-state index contributed by atoms with van der Waals surface area (Å²) in [6, 6.07) is 14.0. The lowest BCUT2D eigenvalue weighted by molar-refractivity contribution is -0.113. The van der Waals surface area contributed by atoms with Crippen LogP contribution in [0.25, 0.3) is 28.6 Å². The van der Waals surface area contributed by atoms with E-state index in [0.29, 0.717) is 22.8 Å². The number of hydrogen-bond acceptors (Lipinski definition) is 7. The predicted molar refractivity (Wildman–Crippen MR) is 137 cm³/mol. The highest BCUT2D eigenvalue weighted by atomic mass is 16.5. The molecule has 1 atom stereocenters. The van der Waals surface area contributed by atoms with Gasteiger partial charge in [-0.25, -0.2) is 4.98 Å². The Labute approximate surface area is 207 Å². The number of hydrogen-bond donors (Lipinski definition) is 4. The third-order valence-electron chi connectivity index (χ3n) is 6.52. The molecule has 6 rings (SSSR count). The van der Waals surface area contributed by atoms with Crippen molar-refractivity contribution in [1.82, 2.24) is 25.1 Å². The van der Waals surface area contributed by atoms with E-state index in [4.69, 9.17) is 14.5 Å². The number of para-hydroxylation sites is 1. The SMILES string of the molecule is COC1Nc2ccccc2C=C1C(=O)Nc1cn[nH]c1-c1nc2ccc(CN3CCOCC3)cc2[nH]1. The number of nitrogens with one attached hydrogen (secondary N) is 4. The molecule has 0 radical (unpaired) electrons. The largest absolute Gasteiger partial charge is 0.379 e. The van der Waals surface area contributed by atoms with Gasteiger partial charge in [0, 0.05) is 32.4 Å². The number of H-pyrrole nitrogens is 2. The van der Waals surface area contributed by atoms with E-state index in [1.165, 1.54) is 5.56 Å². The number of morpholine rings is 1. The lowest BCUT2D eigenvalue weighted by Gasteiger charge is -2.26. The van der Waals surface area contributed by atoms with Crippen molar-refractivity contribution in [1.29, 1.82) is 0 Å². The molecule has 4 aromatic rings. The highest BCUT2D eigenvalue weighted by molar-refractivity contribution is 6.10. The minimum atomic E-state index is -0.564. The van der Waals surface area contributed by atoms with E-state index in [0.717, 1.165) is 55.1 Å². The molecule has 1 amide bonds. The molecule has 10 nitrogen and oxygen atoms in total. The molecule has 184 valence electrons. The zero-order chi connectivity index (χ0) is 24.5. The summed E-state index contributed by atoms with van der Waals surface area (Å²) in [7, 11) is 1.57. The predicted octanol–water partition coefficient (Wildman–Crippen LogP) is 3.21. The van der Waals surface area contributed by atoms with Crippen molar-refractivity contribution in [3.63, 3.8) is 0 Å².